The maximum atomic E-state index is 12.2. The minimum Gasteiger partial charge on any atom is -0.353 e. The van der Waals surface area contributed by atoms with Gasteiger partial charge in [0.25, 0.3) is 0 Å². The summed E-state index contributed by atoms with van der Waals surface area (Å²) in [5.41, 5.74) is 9.99. The number of carbonyl (C=O) groups excluding carboxylic acids is 1. The van der Waals surface area contributed by atoms with Crippen molar-refractivity contribution in [1.82, 2.24) is 5.32 Å². The van der Waals surface area contributed by atoms with E-state index in [0.717, 1.165) is 31.2 Å². The number of aryl methyl sites for hydroxylation is 2. The van der Waals surface area contributed by atoms with Crippen molar-refractivity contribution < 1.29 is 4.79 Å². The van der Waals surface area contributed by atoms with Crippen LogP contribution in [0.2, 0.25) is 0 Å². The van der Waals surface area contributed by atoms with Crippen molar-refractivity contribution in [3.8, 4) is 0 Å². The van der Waals surface area contributed by atoms with Gasteiger partial charge in [-0.1, -0.05) is 18.2 Å². The fourth-order valence-corrected chi connectivity index (χ4v) is 3.62. The van der Waals surface area contributed by atoms with Crippen LogP contribution < -0.4 is 11.1 Å². The minimum atomic E-state index is 0.159. The molecule has 0 atom stereocenters. The van der Waals surface area contributed by atoms with E-state index in [-0.39, 0.29) is 5.91 Å². The molecule has 1 fully saturated rings. The monoisotopic (exact) mass is 286 g/mol. The van der Waals surface area contributed by atoms with Crippen LogP contribution in [0.15, 0.2) is 18.2 Å². The van der Waals surface area contributed by atoms with Gasteiger partial charge in [-0.3, -0.25) is 4.79 Å². The average Bonchev–Trinajstić information content (AvgIpc) is 2.49. The van der Waals surface area contributed by atoms with Gasteiger partial charge in [0.1, 0.15) is 0 Å². The molecule has 0 saturated heterocycles. The number of hydrogen-bond donors (Lipinski definition) is 2. The summed E-state index contributed by atoms with van der Waals surface area (Å²) in [5, 5.41) is 3.17. The van der Waals surface area contributed by atoms with E-state index in [0.29, 0.717) is 18.5 Å². The molecule has 21 heavy (non-hydrogen) atoms. The molecular formula is C18H26N2O. The second-order valence-electron chi connectivity index (χ2n) is 6.67. The molecular weight excluding hydrogens is 260 g/mol. The van der Waals surface area contributed by atoms with Crippen LogP contribution in [0.25, 0.3) is 0 Å². The molecule has 1 saturated carbocycles. The SMILES string of the molecule is NC1CCC(NC(=O)Cc2ccc3c(c2)CCCC3)CC1. The van der Waals surface area contributed by atoms with Gasteiger partial charge in [-0.25, -0.2) is 0 Å². The zero-order valence-electron chi connectivity index (χ0n) is 12.7. The van der Waals surface area contributed by atoms with Crippen molar-refractivity contribution in [2.45, 2.75) is 69.9 Å². The van der Waals surface area contributed by atoms with Gasteiger partial charge in [-0.2, -0.15) is 0 Å². The lowest BCUT2D eigenvalue weighted by Gasteiger charge is -2.26. The zero-order valence-corrected chi connectivity index (χ0v) is 12.7. The first-order valence-electron chi connectivity index (χ1n) is 8.36. The molecule has 1 aromatic rings. The number of benzene rings is 1. The molecule has 0 radical (unpaired) electrons. The van der Waals surface area contributed by atoms with Crippen LogP contribution in [0.5, 0.6) is 0 Å². The first kappa shape index (κ1) is 14.6. The number of nitrogens with one attached hydrogen (secondary N) is 1. The van der Waals surface area contributed by atoms with E-state index in [1.54, 1.807) is 0 Å². The van der Waals surface area contributed by atoms with Crippen LogP contribution in [-0.2, 0) is 24.1 Å². The summed E-state index contributed by atoms with van der Waals surface area (Å²) >= 11 is 0. The Kier molecular flexibility index (Phi) is 4.59. The van der Waals surface area contributed by atoms with Crippen LogP contribution in [0, 0.1) is 0 Å². The van der Waals surface area contributed by atoms with Gasteiger partial charge in [-0.05, 0) is 68.1 Å². The van der Waals surface area contributed by atoms with Crippen molar-refractivity contribution in [3.05, 3.63) is 34.9 Å². The highest BCUT2D eigenvalue weighted by Gasteiger charge is 2.20. The largest absolute Gasteiger partial charge is 0.353 e. The number of hydrogen-bond acceptors (Lipinski definition) is 2. The summed E-state index contributed by atoms with van der Waals surface area (Å²) < 4.78 is 0. The Balaban J connectivity index is 1.55. The van der Waals surface area contributed by atoms with Crippen molar-refractivity contribution in [1.29, 1.82) is 0 Å². The van der Waals surface area contributed by atoms with E-state index in [1.807, 2.05) is 0 Å². The first-order valence-corrected chi connectivity index (χ1v) is 8.36. The van der Waals surface area contributed by atoms with Crippen LogP contribution >= 0.6 is 0 Å². The number of fused-ring (bicyclic) bond motifs is 1. The molecule has 3 rings (SSSR count). The van der Waals surface area contributed by atoms with Gasteiger partial charge in [0.05, 0.1) is 6.42 Å². The first-order chi connectivity index (χ1) is 10.2. The number of amides is 1. The zero-order chi connectivity index (χ0) is 14.7. The molecule has 2 aliphatic rings. The van der Waals surface area contributed by atoms with Crippen LogP contribution in [0.3, 0.4) is 0 Å². The Morgan fingerprint density at radius 2 is 1.81 bits per heavy atom. The van der Waals surface area contributed by atoms with Gasteiger partial charge in [0.2, 0.25) is 5.91 Å². The quantitative estimate of drug-likeness (QED) is 0.897. The molecule has 3 nitrogen and oxygen atoms in total. The van der Waals surface area contributed by atoms with E-state index in [1.165, 1.54) is 36.8 Å². The fourth-order valence-electron chi connectivity index (χ4n) is 3.62. The third kappa shape index (κ3) is 3.85. The van der Waals surface area contributed by atoms with E-state index in [4.69, 9.17) is 5.73 Å². The molecule has 1 aromatic carbocycles. The van der Waals surface area contributed by atoms with E-state index in [2.05, 4.69) is 23.5 Å². The highest BCUT2D eigenvalue weighted by molar-refractivity contribution is 5.79. The third-order valence-electron chi connectivity index (χ3n) is 4.91. The Morgan fingerprint density at radius 1 is 1.10 bits per heavy atom. The summed E-state index contributed by atoms with van der Waals surface area (Å²) in [6, 6.07) is 7.25. The smallest absolute Gasteiger partial charge is 0.224 e. The second-order valence-corrected chi connectivity index (χ2v) is 6.67. The summed E-state index contributed by atoms with van der Waals surface area (Å²) in [4.78, 5) is 12.2. The van der Waals surface area contributed by atoms with Gasteiger partial charge >= 0.3 is 0 Å². The summed E-state index contributed by atoms with van der Waals surface area (Å²) in [5.74, 6) is 0.159. The third-order valence-corrected chi connectivity index (χ3v) is 4.91. The Hall–Kier alpha value is -1.35. The predicted molar refractivity (Wildman–Crippen MR) is 85.2 cm³/mol. The van der Waals surface area contributed by atoms with Crippen molar-refractivity contribution in [2.75, 3.05) is 0 Å². The number of nitrogens with two attached hydrogens (primary N) is 1. The lowest BCUT2D eigenvalue weighted by Crippen LogP contribution is -2.41. The highest BCUT2D eigenvalue weighted by Crippen LogP contribution is 2.22. The number of rotatable bonds is 3. The van der Waals surface area contributed by atoms with Crippen LogP contribution in [-0.4, -0.2) is 18.0 Å². The van der Waals surface area contributed by atoms with Crippen LogP contribution in [0.4, 0.5) is 0 Å². The predicted octanol–water partition coefficient (Wildman–Crippen LogP) is 2.49. The van der Waals surface area contributed by atoms with Crippen LogP contribution in [0.1, 0.15) is 55.2 Å². The maximum absolute atomic E-state index is 12.2. The van der Waals surface area contributed by atoms with E-state index >= 15 is 0 Å². The van der Waals surface area contributed by atoms with Gasteiger partial charge < -0.3 is 11.1 Å². The lowest BCUT2D eigenvalue weighted by molar-refractivity contribution is -0.121. The highest BCUT2D eigenvalue weighted by atomic mass is 16.1. The maximum Gasteiger partial charge on any atom is 0.224 e. The number of carbonyl (C=O) groups is 1. The molecule has 1 amide bonds. The summed E-state index contributed by atoms with van der Waals surface area (Å²) in [6.07, 6.45) is 9.58. The van der Waals surface area contributed by atoms with Crippen molar-refractivity contribution in [3.63, 3.8) is 0 Å². The molecule has 0 aliphatic heterocycles. The summed E-state index contributed by atoms with van der Waals surface area (Å²) in [7, 11) is 0. The topological polar surface area (TPSA) is 55.1 Å². The van der Waals surface area contributed by atoms with Crippen molar-refractivity contribution in [2.24, 2.45) is 5.73 Å². The molecule has 0 heterocycles. The standard InChI is InChI=1S/C18H26N2O/c19-16-7-9-17(10-8-16)20-18(21)12-13-5-6-14-3-1-2-4-15(14)11-13/h5-6,11,16-17H,1-4,7-10,12,19H2,(H,20,21). The second kappa shape index (κ2) is 6.61. The Labute approximate surface area is 127 Å². The minimum absolute atomic E-state index is 0.159. The molecule has 0 aromatic heterocycles. The van der Waals surface area contributed by atoms with Crippen molar-refractivity contribution >= 4 is 5.91 Å². The Morgan fingerprint density at radius 3 is 2.57 bits per heavy atom. The van der Waals surface area contributed by atoms with E-state index in [9.17, 15) is 4.79 Å². The van der Waals surface area contributed by atoms with E-state index < -0.39 is 0 Å². The molecule has 2 aliphatic carbocycles. The molecule has 3 heteroatoms. The lowest BCUT2D eigenvalue weighted by atomic mass is 9.89. The molecule has 0 bridgehead atoms. The normalized spacial score (nSPS) is 25.2. The molecule has 114 valence electrons. The van der Waals surface area contributed by atoms with Gasteiger partial charge in [0, 0.05) is 12.1 Å². The Bertz CT molecular complexity index is 504. The average molecular weight is 286 g/mol. The van der Waals surface area contributed by atoms with Gasteiger partial charge in [0.15, 0.2) is 0 Å². The molecule has 3 N–H and O–H groups in total. The van der Waals surface area contributed by atoms with Gasteiger partial charge in [-0.15, -0.1) is 0 Å². The fraction of sp³-hybridized carbons (Fsp3) is 0.611. The summed E-state index contributed by atoms with van der Waals surface area (Å²) in [6.45, 7) is 0. The molecule has 0 spiro atoms. The molecule has 0 unspecified atom stereocenters.